The summed E-state index contributed by atoms with van der Waals surface area (Å²) < 4.78 is 10.2. The number of nitrogens with one attached hydrogen (secondary N) is 3. The topological polar surface area (TPSA) is 161 Å². The van der Waals surface area contributed by atoms with Crippen molar-refractivity contribution >= 4 is 29.2 Å². The van der Waals surface area contributed by atoms with Gasteiger partial charge in [0.2, 0.25) is 11.7 Å². The van der Waals surface area contributed by atoms with E-state index in [0.717, 1.165) is 36.8 Å². The molecule has 0 bridgehead atoms. The number of ether oxygens (including phenoxy) is 2. The Labute approximate surface area is 269 Å². The second-order valence-electron chi connectivity index (χ2n) is 11.7. The van der Waals surface area contributed by atoms with E-state index >= 15 is 0 Å². The highest BCUT2D eigenvalue weighted by molar-refractivity contribution is 5.95. The molecule has 0 radical (unpaired) electrons. The van der Waals surface area contributed by atoms with Crippen LogP contribution in [-0.2, 0) is 20.8 Å². The van der Waals surface area contributed by atoms with Gasteiger partial charge >= 0.3 is 0 Å². The summed E-state index contributed by atoms with van der Waals surface area (Å²) in [6.07, 6.45) is 4.87. The lowest BCUT2D eigenvalue weighted by Crippen LogP contribution is -2.48. The van der Waals surface area contributed by atoms with E-state index in [-0.39, 0.29) is 30.2 Å². The van der Waals surface area contributed by atoms with Crippen molar-refractivity contribution in [3.05, 3.63) is 71.7 Å². The third-order valence-electron chi connectivity index (χ3n) is 8.64. The van der Waals surface area contributed by atoms with Gasteiger partial charge in [-0.1, -0.05) is 37.1 Å². The molecule has 244 valence electrons. The summed E-state index contributed by atoms with van der Waals surface area (Å²) in [7, 11) is 3.15. The Morgan fingerprint density at radius 2 is 1.50 bits per heavy atom. The third-order valence-corrected chi connectivity index (χ3v) is 8.64. The zero-order chi connectivity index (χ0) is 32.5. The van der Waals surface area contributed by atoms with Gasteiger partial charge in [0.25, 0.3) is 11.8 Å². The average Bonchev–Trinajstić information content (AvgIpc) is 3.47. The predicted octanol–water partition coefficient (Wildman–Crippen LogP) is 2.93. The van der Waals surface area contributed by atoms with E-state index in [1.165, 1.54) is 0 Å². The van der Waals surface area contributed by atoms with E-state index in [1.54, 1.807) is 32.4 Å². The van der Waals surface area contributed by atoms with Crippen LogP contribution in [0.5, 0.6) is 0 Å². The molecule has 1 aliphatic heterocycles. The Balaban J connectivity index is 1.38. The van der Waals surface area contributed by atoms with Crippen molar-refractivity contribution in [2.24, 2.45) is 5.92 Å². The SMILES string of the molecule is COCCNC(=O)c1nc(CNC(=O)c2ccc(-c3ccc(N)cc3)cc2)cc(N2[C@H](C(=O)NCCOC)C[C@@H]3CCCC[C@@H]32)n1. The van der Waals surface area contributed by atoms with Crippen LogP contribution in [0.3, 0.4) is 0 Å². The van der Waals surface area contributed by atoms with Gasteiger partial charge in [-0.15, -0.1) is 0 Å². The molecule has 2 fully saturated rings. The summed E-state index contributed by atoms with van der Waals surface area (Å²) in [6.45, 7) is 1.52. The van der Waals surface area contributed by atoms with Crippen LogP contribution in [0.15, 0.2) is 54.6 Å². The Morgan fingerprint density at radius 3 is 2.20 bits per heavy atom. The summed E-state index contributed by atoms with van der Waals surface area (Å²) >= 11 is 0. The Morgan fingerprint density at radius 1 is 0.848 bits per heavy atom. The molecule has 3 aromatic rings. The number of methoxy groups -OCH3 is 2. The van der Waals surface area contributed by atoms with Gasteiger partial charge in [0.1, 0.15) is 11.9 Å². The number of rotatable bonds is 13. The molecular formula is C34H43N7O5. The van der Waals surface area contributed by atoms with Gasteiger partial charge in [0, 0.05) is 50.7 Å². The van der Waals surface area contributed by atoms with E-state index < -0.39 is 11.9 Å². The lowest BCUT2D eigenvalue weighted by molar-refractivity contribution is -0.122. The summed E-state index contributed by atoms with van der Waals surface area (Å²) in [5.74, 6) is 0.00621. The molecule has 12 heteroatoms. The molecule has 3 amide bonds. The smallest absolute Gasteiger partial charge is 0.289 e. The zero-order valence-corrected chi connectivity index (χ0v) is 26.5. The number of benzene rings is 2. The molecular weight excluding hydrogens is 586 g/mol. The highest BCUT2D eigenvalue weighted by Crippen LogP contribution is 2.42. The first-order valence-corrected chi connectivity index (χ1v) is 15.8. The number of anilines is 2. The van der Waals surface area contributed by atoms with Gasteiger partial charge < -0.3 is 36.1 Å². The average molecular weight is 630 g/mol. The predicted molar refractivity (Wildman–Crippen MR) is 175 cm³/mol. The number of nitrogens with two attached hydrogens (primary N) is 1. The molecule has 3 atom stereocenters. The van der Waals surface area contributed by atoms with Crippen LogP contribution in [0.4, 0.5) is 11.5 Å². The highest BCUT2D eigenvalue weighted by atomic mass is 16.5. The minimum absolute atomic E-state index is 0.0245. The van der Waals surface area contributed by atoms with Crippen LogP contribution < -0.4 is 26.6 Å². The minimum atomic E-state index is -0.453. The summed E-state index contributed by atoms with van der Waals surface area (Å²) in [6, 6.07) is 16.3. The molecule has 1 aliphatic carbocycles. The van der Waals surface area contributed by atoms with Crippen LogP contribution >= 0.6 is 0 Å². The van der Waals surface area contributed by atoms with E-state index in [0.29, 0.717) is 61.4 Å². The number of fused-ring (bicyclic) bond motifs is 1. The first-order valence-electron chi connectivity index (χ1n) is 15.8. The molecule has 1 saturated carbocycles. The first-order chi connectivity index (χ1) is 22.4. The number of nitrogen functional groups attached to an aromatic ring is 1. The van der Waals surface area contributed by atoms with E-state index in [4.69, 9.17) is 15.2 Å². The molecule has 2 heterocycles. The first kappa shape index (κ1) is 32.8. The van der Waals surface area contributed by atoms with Crippen molar-refractivity contribution in [1.29, 1.82) is 0 Å². The number of carbonyl (C=O) groups is 3. The molecule has 1 saturated heterocycles. The summed E-state index contributed by atoms with van der Waals surface area (Å²) in [5, 5.41) is 8.71. The van der Waals surface area contributed by atoms with Crippen LogP contribution in [0.2, 0.25) is 0 Å². The summed E-state index contributed by atoms with van der Waals surface area (Å²) in [4.78, 5) is 51.0. The minimum Gasteiger partial charge on any atom is -0.399 e. The molecule has 0 spiro atoms. The van der Waals surface area contributed by atoms with Crippen molar-refractivity contribution in [2.45, 2.75) is 50.7 Å². The maximum Gasteiger partial charge on any atom is 0.289 e. The van der Waals surface area contributed by atoms with E-state index in [1.807, 2.05) is 36.4 Å². The maximum absolute atomic E-state index is 13.4. The van der Waals surface area contributed by atoms with Crippen LogP contribution in [-0.4, -0.2) is 80.3 Å². The Kier molecular flexibility index (Phi) is 11.2. The number of carbonyl (C=O) groups excluding carboxylic acids is 3. The fourth-order valence-corrected chi connectivity index (χ4v) is 6.33. The summed E-state index contributed by atoms with van der Waals surface area (Å²) in [5.41, 5.74) is 9.41. The van der Waals surface area contributed by atoms with Gasteiger partial charge in [-0.3, -0.25) is 14.4 Å². The molecule has 0 unspecified atom stereocenters. The van der Waals surface area contributed by atoms with Crippen molar-refractivity contribution in [1.82, 2.24) is 25.9 Å². The molecule has 2 aliphatic rings. The van der Waals surface area contributed by atoms with Gasteiger partial charge in [-0.05, 0) is 60.6 Å². The standard InChI is InChI=1S/C34H43N7O5/c1-45-17-15-36-33(43)29-19-25-5-3-4-6-28(25)41(29)30-20-27(39-31(40-30)34(44)37-16-18-46-2)21-38-32(42)24-9-7-22(8-10-24)23-11-13-26(35)14-12-23/h7-14,20,25,28-29H,3-6,15-19,21,35H2,1-2H3,(H,36,43)(H,37,44)(H,38,42)/t25-,28-,29-/m0/s1. The number of hydrogen-bond donors (Lipinski definition) is 4. The van der Waals surface area contributed by atoms with Gasteiger partial charge in [0.05, 0.1) is 25.5 Å². The second kappa shape index (κ2) is 15.6. The Bertz CT molecular complexity index is 1500. The lowest BCUT2D eigenvalue weighted by atomic mass is 9.84. The van der Waals surface area contributed by atoms with Crippen LogP contribution in [0.25, 0.3) is 11.1 Å². The van der Waals surface area contributed by atoms with Crippen molar-refractivity contribution in [3.8, 4) is 11.1 Å². The lowest BCUT2D eigenvalue weighted by Gasteiger charge is -2.34. The van der Waals surface area contributed by atoms with Gasteiger partial charge in [-0.2, -0.15) is 0 Å². The fourth-order valence-electron chi connectivity index (χ4n) is 6.33. The molecule has 5 rings (SSSR count). The quantitative estimate of drug-likeness (QED) is 0.165. The maximum atomic E-state index is 13.4. The van der Waals surface area contributed by atoms with Gasteiger partial charge in [0.15, 0.2) is 0 Å². The third kappa shape index (κ3) is 7.99. The van der Waals surface area contributed by atoms with Crippen LogP contribution in [0.1, 0.15) is 58.8 Å². The number of nitrogens with zero attached hydrogens (tertiary/aromatic N) is 3. The van der Waals surface area contributed by atoms with Gasteiger partial charge in [-0.25, -0.2) is 9.97 Å². The normalized spacial score (nSPS) is 18.9. The number of hydrogen-bond acceptors (Lipinski definition) is 9. The van der Waals surface area contributed by atoms with Crippen LogP contribution in [0, 0.1) is 5.92 Å². The largest absolute Gasteiger partial charge is 0.399 e. The Hall–Kier alpha value is -4.55. The van der Waals surface area contributed by atoms with Crippen molar-refractivity contribution < 1.29 is 23.9 Å². The molecule has 12 nitrogen and oxygen atoms in total. The second-order valence-corrected chi connectivity index (χ2v) is 11.7. The van der Waals surface area contributed by atoms with Crippen molar-refractivity contribution in [3.63, 3.8) is 0 Å². The number of aromatic nitrogens is 2. The van der Waals surface area contributed by atoms with E-state index in [9.17, 15) is 14.4 Å². The molecule has 5 N–H and O–H groups in total. The zero-order valence-electron chi connectivity index (χ0n) is 26.5. The van der Waals surface area contributed by atoms with E-state index in [2.05, 4.69) is 30.8 Å². The molecule has 1 aromatic heterocycles. The molecule has 2 aromatic carbocycles. The highest BCUT2D eigenvalue weighted by Gasteiger charge is 2.46. The van der Waals surface area contributed by atoms with Crippen molar-refractivity contribution in [2.75, 3.05) is 51.2 Å². The fraction of sp³-hybridized carbons (Fsp3) is 0.441. The number of amides is 3. The molecule has 46 heavy (non-hydrogen) atoms. The monoisotopic (exact) mass is 629 g/mol.